The van der Waals surface area contributed by atoms with Gasteiger partial charge in [0.05, 0.1) is 0 Å². The van der Waals surface area contributed by atoms with Crippen molar-refractivity contribution in [2.45, 2.75) is 13.0 Å². The first-order valence-electron chi connectivity index (χ1n) is 3.11. The van der Waals surface area contributed by atoms with E-state index in [9.17, 15) is 13.6 Å². The second-order valence-corrected chi connectivity index (χ2v) is 2.45. The molecule has 1 aromatic rings. The molecule has 3 nitrogen and oxygen atoms in total. The summed E-state index contributed by atoms with van der Waals surface area (Å²) in [5.74, 6) is 0. The first-order chi connectivity index (χ1) is 5.59. The summed E-state index contributed by atoms with van der Waals surface area (Å²) in [6, 6.07) is 2.35. The summed E-state index contributed by atoms with van der Waals surface area (Å²) in [7, 11) is 0. The number of aromatic nitrogens is 2. The summed E-state index contributed by atoms with van der Waals surface area (Å²) in [4.78, 5) is 10.8. The maximum absolute atomic E-state index is 11.8. The zero-order valence-corrected chi connectivity index (χ0v) is 6.63. The van der Waals surface area contributed by atoms with Crippen LogP contribution in [0.5, 0.6) is 0 Å². The first-order valence-corrected chi connectivity index (χ1v) is 3.49. The van der Waals surface area contributed by atoms with Crippen LogP contribution in [0.4, 0.5) is 8.78 Å². The summed E-state index contributed by atoms with van der Waals surface area (Å²) in [6.45, 7) is -0.723. The largest absolute Gasteiger partial charge is 0.268 e. The fourth-order valence-corrected chi connectivity index (χ4v) is 0.840. The van der Waals surface area contributed by atoms with Crippen molar-refractivity contribution >= 4 is 11.6 Å². The highest BCUT2D eigenvalue weighted by atomic mass is 35.5. The van der Waals surface area contributed by atoms with Gasteiger partial charge in [-0.2, -0.15) is 5.10 Å². The lowest BCUT2D eigenvalue weighted by atomic mass is 10.5. The second-order valence-electron chi connectivity index (χ2n) is 2.07. The van der Waals surface area contributed by atoms with E-state index in [4.69, 9.17) is 11.6 Å². The summed E-state index contributed by atoms with van der Waals surface area (Å²) in [5.41, 5.74) is -0.584. The van der Waals surface area contributed by atoms with Crippen molar-refractivity contribution in [3.8, 4) is 0 Å². The fourth-order valence-electron chi connectivity index (χ4n) is 0.686. The molecule has 0 aromatic carbocycles. The van der Waals surface area contributed by atoms with Crippen molar-refractivity contribution in [2.75, 3.05) is 0 Å². The van der Waals surface area contributed by atoms with Crippen molar-refractivity contribution in [2.24, 2.45) is 0 Å². The molecule has 0 amide bonds. The number of halogens is 3. The number of hydrogen-bond acceptors (Lipinski definition) is 2. The maximum atomic E-state index is 11.8. The van der Waals surface area contributed by atoms with Gasteiger partial charge in [-0.3, -0.25) is 4.79 Å². The molecule has 1 rings (SSSR count). The third-order valence-electron chi connectivity index (χ3n) is 1.15. The minimum Gasteiger partial charge on any atom is -0.268 e. The molecule has 1 aromatic heterocycles. The molecule has 0 unspecified atom stereocenters. The molecule has 12 heavy (non-hydrogen) atoms. The second kappa shape index (κ2) is 3.62. The van der Waals surface area contributed by atoms with E-state index in [1.807, 2.05) is 0 Å². The van der Waals surface area contributed by atoms with Crippen molar-refractivity contribution in [1.29, 1.82) is 0 Å². The Morgan fingerprint density at radius 1 is 1.58 bits per heavy atom. The van der Waals surface area contributed by atoms with Crippen molar-refractivity contribution in [3.63, 3.8) is 0 Å². The van der Waals surface area contributed by atoms with Gasteiger partial charge in [-0.05, 0) is 6.07 Å². The summed E-state index contributed by atoms with van der Waals surface area (Å²) >= 11 is 5.38. The summed E-state index contributed by atoms with van der Waals surface area (Å²) in [6.07, 6.45) is -2.60. The van der Waals surface area contributed by atoms with Crippen LogP contribution in [0.25, 0.3) is 0 Å². The topological polar surface area (TPSA) is 34.9 Å². The lowest BCUT2D eigenvalue weighted by molar-refractivity contribution is 0.119. The molecule has 0 bridgehead atoms. The van der Waals surface area contributed by atoms with Gasteiger partial charge < -0.3 is 0 Å². The zero-order valence-electron chi connectivity index (χ0n) is 5.88. The van der Waals surface area contributed by atoms with Crippen LogP contribution in [0, 0.1) is 0 Å². The SMILES string of the molecule is O=c1ccc(Cl)nn1CC(F)F. The van der Waals surface area contributed by atoms with Gasteiger partial charge in [0.15, 0.2) is 0 Å². The molecule has 0 atom stereocenters. The van der Waals surface area contributed by atoms with Crippen LogP contribution in [-0.4, -0.2) is 16.2 Å². The van der Waals surface area contributed by atoms with Crippen LogP contribution in [0.3, 0.4) is 0 Å². The number of nitrogens with zero attached hydrogens (tertiary/aromatic N) is 2. The predicted molar refractivity (Wildman–Crippen MR) is 39.5 cm³/mol. The van der Waals surface area contributed by atoms with Gasteiger partial charge in [0.25, 0.3) is 12.0 Å². The van der Waals surface area contributed by atoms with E-state index < -0.39 is 18.5 Å². The first kappa shape index (κ1) is 9.12. The third kappa shape index (κ3) is 2.27. The molecule has 0 aliphatic rings. The van der Waals surface area contributed by atoms with E-state index >= 15 is 0 Å². The minimum atomic E-state index is -2.60. The molecule has 0 aliphatic heterocycles. The standard InChI is InChI=1S/C6H5ClF2N2O/c7-4-1-2-6(12)11(10-4)3-5(8)9/h1-2,5H,3H2. The van der Waals surface area contributed by atoms with E-state index in [0.717, 1.165) is 6.07 Å². The Morgan fingerprint density at radius 3 is 2.83 bits per heavy atom. The molecule has 0 fully saturated rings. The normalized spacial score (nSPS) is 10.7. The Labute approximate surface area is 71.6 Å². The Morgan fingerprint density at radius 2 is 2.25 bits per heavy atom. The lowest BCUT2D eigenvalue weighted by Gasteiger charge is -2.01. The maximum Gasteiger partial charge on any atom is 0.267 e. The van der Waals surface area contributed by atoms with Gasteiger partial charge in [-0.1, -0.05) is 11.6 Å². The molecule has 6 heteroatoms. The Hall–Kier alpha value is -0.970. The molecule has 0 saturated carbocycles. The molecule has 0 saturated heterocycles. The quantitative estimate of drug-likeness (QED) is 0.708. The molecule has 0 aliphatic carbocycles. The average molecular weight is 195 g/mol. The molecule has 0 radical (unpaired) electrons. The third-order valence-corrected chi connectivity index (χ3v) is 1.35. The highest BCUT2D eigenvalue weighted by Crippen LogP contribution is 2.00. The molecule has 0 N–H and O–H groups in total. The monoisotopic (exact) mass is 194 g/mol. The predicted octanol–water partition coefficient (Wildman–Crippen LogP) is 1.16. The van der Waals surface area contributed by atoms with Crippen molar-refractivity contribution < 1.29 is 8.78 Å². The summed E-state index contributed by atoms with van der Waals surface area (Å²) in [5, 5.41) is 3.43. The van der Waals surface area contributed by atoms with Gasteiger partial charge in [-0.15, -0.1) is 0 Å². The van der Waals surface area contributed by atoms with Crippen molar-refractivity contribution in [3.05, 3.63) is 27.6 Å². The Bertz CT molecular complexity index is 326. The number of hydrogen-bond donors (Lipinski definition) is 0. The van der Waals surface area contributed by atoms with Gasteiger partial charge in [0, 0.05) is 6.07 Å². The average Bonchev–Trinajstić information content (AvgIpc) is 1.96. The molecule has 66 valence electrons. The van der Waals surface area contributed by atoms with Gasteiger partial charge in [0.1, 0.15) is 11.7 Å². The highest BCUT2D eigenvalue weighted by molar-refractivity contribution is 6.29. The van der Waals surface area contributed by atoms with E-state index in [-0.39, 0.29) is 5.15 Å². The van der Waals surface area contributed by atoms with Crippen LogP contribution in [0.15, 0.2) is 16.9 Å². The van der Waals surface area contributed by atoms with E-state index in [1.165, 1.54) is 6.07 Å². The van der Waals surface area contributed by atoms with Gasteiger partial charge in [0.2, 0.25) is 0 Å². The van der Waals surface area contributed by atoms with Crippen LogP contribution >= 0.6 is 11.6 Å². The summed E-state index contributed by atoms with van der Waals surface area (Å²) < 4.78 is 24.2. The van der Waals surface area contributed by atoms with E-state index in [0.29, 0.717) is 4.68 Å². The zero-order chi connectivity index (χ0) is 9.14. The van der Waals surface area contributed by atoms with Gasteiger partial charge >= 0.3 is 0 Å². The Kier molecular flexibility index (Phi) is 2.75. The fraction of sp³-hybridized carbons (Fsp3) is 0.333. The van der Waals surface area contributed by atoms with Crippen LogP contribution in [-0.2, 0) is 6.54 Å². The lowest BCUT2D eigenvalue weighted by Crippen LogP contribution is -2.24. The van der Waals surface area contributed by atoms with Crippen LogP contribution in [0.1, 0.15) is 0 Å². The highest BCUT2D eigenvalue weighted by Gasteiger charge is 2.06. The molecular weight excluding hydrogens is 190 g/mol. The van der Waals surface area contributed by atoms with E-state index in [2.05, 4.69) is 5.10 Å². The smallest absolute Gasteiger partial charge is 0.267 e. The van der Waals surface area contributed by atoms with Gasteiger partial charge in [-0.25, -0.2) is 13.5 Å². The molecule has 0 spiro atoms. The van der Waals surface area contributed by atoms with Crippen molar-refractivity contribution in [1.82, 2.24) is 9.78 Å². The van der Waals surface area contributed by atoms with Crippen LogP contribution in [0.2, 0.25) is 5.15 Å². The number of rotatable bonds is 2. The Balaban J connectivity index is 2.98. The number of alkyl halides is 2. The molecular formula is C6H5ClF2N2O. The van der Waals surface area contributed by atoms with Crippen LogP contribution < -0.4 is 5.56 Å². The molecule has 1 heterocycles. The van der Waals surface area contributed by atoms with E-state index in [1.54, 1.807) is 0 Å². The minimum absolute atomic E-state index is 0.0234.